The SMILES string of the molecule is CCCCCCCCCCCCOc1ccc2nc(-c3ccc(N=Cc4ccc(C)cc4)cc3)oc2c1. The highest BCUT2D eigenvalue weighted by Gasteiger charge is 2.09. The molecule has 1 aromatic heterocycles. The molecule has 0 atom stereocenters. The first-order chi connectivity index (χ1) is 18.2. The highest BCUT2D eigenvalue weighted by Crippen LogP contribution is 2.28. The van der Waals surface area contributed by atoms with Crippen LogP contribution in [0.2, 0.25) is 0 Å². The summed E-state index contributed by atoms with van der Waals surface area (Å²) in [5.41, 5.74) is 5.73. The quantitative estimate of drug-likeness (QED) is 0.121. The second-order valence-electron chi connectivity index (χ2n) is 9.89. The van der Waals surface area contributed by atoms with E-state index in [1.165, 1.54) is 63.4 Å². The maximum Gasteiger partial charge on any atom is 0.227 e. The Bertz CT molecular complexity index is 1240. The Morgan fingerprint density at radius 3 is 2.16 bits per heavy atom. The van der Waals surface area contributed by atoms with Gasteiger partial charge in [-0.2, -0.15) is 0 Å². The van der Waals surface area contributed by atoms with Crippen molar-refractivity contribution in [1.29, 1.82) is 0 Å². The first-order valence-corrected chi connectivity index (χ1v) is 14.0. The number of benzene rings is 3. The van der Waals surface area contributed by atoms with Crippen LogP contribution in [-0.4, -0.2) is 17.8 Å². The number of oxazole rings is 1. The molecule has 0 N–H and O–H groups in total. The fourth-order valence-corrected chi connectivity index (χ4v) is 4.39. The van der Waals surface area contributed by atoms with E-state index in [0.29, 0.717) is 5.89 Å². The largest absolute Gasteiger partial charge is 0.493 e. The van der Waals surface area contributed by atoms with Gasteiger partial charge in [-0.3, -0.25) is 4.99 Å². The third kappa shape index (κ3) is 8.59. The summed E-state index contributed by atoms with van der Waals surface area (Å²) in [6.45, 7) is 5.10. The minimum Gasteiger partial charge on any atom is -0.493 e. The molecule has 0 fully saturated rings. The van der Waals surface area contributed by atoms with E-state index in [1.54, 1.807) is 0 Å². The molecule has 3 aromatic carbocycles. The lowest BCUT2D eigenvalue weighted by molar-refractivity contribution is 0.304. The van der Waals surface area contributed by atoms with E-state index in [1.807, 2.05) is 48.7 Å². The lowest BCUT2D eigenvalue weighted by atomic mass is 10.1. The van der Waals surface area contributed by atoms with Crippen LogP contribution in [0.25, 0.3) is 22.6 Å². The number of hydrogen-bond acceptors (Lipinski definition) is 4. The maximum atomic E-state index is 6.05. The van der Waals surface area contributed by atoms with Crippen molar-refractivity contribution in [2.45, 2.75) is 78.1 Å². The van der Waals surface area contributed by atoms with Gasteiger partial charge in [0.05, 0.1) is 12.3 Å². The van der Waals surface area contributed by atoms with Crippen molar-refractivity contribution in [2.24, 2.45) is 4.99 Å². The van der Waals surface area contributed by atoms with Gasteiger partial charge in [0.1, 0.15) is 11.3 Å². The molecule has 0 bridgehead atoms. The first-order valence-electron chi connectivity index (χ1n) is 14.0. The molecule has 0 aliphatic heterocycles. The number of fused-ring (bicyclic) bond motifs is 1. The van der Waals surface area contributed by atoms with Crippen LogP contribution in [0.15, 0.2) is 76.1 Å². The van der Waals surface area contributed by atoms with Crippen LogP contribution in [0, 0.1) is 6.92 Å². The molecule has 4 nitrogen and oxygen atoms in total. The second-order valence-corrected chi connectivity index (χ2v) is 9.89. The lowest BCUT2D eigenvalue weighted by Crippen LogP contribution is -1.97. The van der Waals surface area contributed by atoms with Crippen LogP contribution in [0.1, 0.15) is 82.3 Å². The maximum absolute atomic E-state index is 6.05. The highest BCUT2D eigenvalue weighted by molar-refractivity contribution is 5.82. The van der Waals surface area contributed by atoms with Gasteiger partial charge in [-0.05, 0) is 55.3 Å². The van der Waals surface area contributed by atoms with Crippen molar-refractivity contribution < 1.29 is 9.15 Å². The van der Waals surface area contributed by atoms with Crippen molar-refractivity contribution in [1.82, 2.24) is 4.98 Å². The molecule has 4 heteroatoms. The number of hydrogen-bond donors (Lipinski definition) is 0. The number of nitrogens with zero attached hydrogens (tertiary/aromatic N) is 2. The molecule has 4 aromatic rings. The Morgan fingerprint density at radius 2 is 1.46 bits per heavy atom. The van der Waals surface area contributed by atoms with Gasteiger partial charge in [0.15, 0.2) is 5.58 Å². The van der Waals surface area contributed by atoms with E-state index < -0.39 is 0 Å². The van der Waals surface area contributed by atoms with Crippen LogP contribution >= 0.6 is 0 Å². The number of rotatable bonds is 15. The van der Waals surface area contributed by atoms with Crippen LogP contribution in [0.4, 0.5) is 5.69 Å². The summed E-state index contributed by atoms with van der Waals surface area (Å²) in [4.78, 5) is 9.23. The molecule has 0 spiro atoms. The fraction of sp³-hybridized carbons (Fsp3) is 0.394. The lowest BCUT2D eigenvalue weighted by Gasteiger charge is -2.06. The second kappa shape index (κ2) is 14.4. The topological polar surface area (TPSA) is 47.6 Å². The van der Waals surface area contributed by atoms with Crippen molar-refractivity contribution >= 4 is 23.0 Å². The van der Waals surface area contributed by atoms with Gasteiger partial charge in [-0.15, -0.1) is 0 Å². The summed E-state index contributed by atoms with van der Waals surface area (Å²) >= 11 is 0. The Kier molecular flexibility index (Phi) is 10.4. The molecule has 0 amide bonds. The summed E-state index contributed by atoms with van der Waals surface area (Å²) in [7, 11) is 0. The molecule has 0 aliphatic carbocycles. The zero-order valence-electron chi connectivity index (χ0n) is 22.4. The molecule has 37 heavy (non-hydrogen) atoms. The van der Waals surface area contributed by atoms with Gasteiger partial charge in [-0.25, -0.2) is 4.98 Å². The summed E-state index contributed by atoms with van der Waals surface area (Å²) in [5, 5.41) is 0. The standard InChI is InChI=1S/C33H40N2O2/c1-3-4-5-6-7-8-9-10-11-12-23-36-30-21-22-31-32(24-30)37-33(35-31)28-17-19-29(20-18-28)34-25-27-15-13-26(2)14-16-27/h13-22,24-25H,3-12,23H2,1-2H3. The van der Waals surface area contributed by atoms with Gasteiger partial charge in [-0.1, -0.05) is 94.5 Å². The molecular formula is C33H40N2O2. The van der Waals surface area contributed by atoms with E-state index >= 15 is 0 Å². The molecular weight excluding hydrogens is 456 g/mol. The molecule has 0 aliphatic rings. The summed E-state index contributed by atoms with van der Waals surface area (Å²) in [5.74, 6) is 1.45. The molecule has 0 radical (unpaired) electrons. The summed E-state index contributed by atoms with van der Waals surface area (Å²) < 4.78 is 12.0. The van der Waals surface area contributed by atoms with Gasteiger partial charge in [0, 0.05) is 17.8 Å². The Labute approximate surface area is 221 Å². The predicted octanol–water partition coefficient (Wildman–Crippen LogP) is 9.85. The molecule has 194 valence electrons. The van der Waals surface area contributed by atoms with Gasteiger partial charge >= 0.3 is 0 Å². The third-order valence-corrected chi connectivity index (χ3v) is 6.68. The number of aliphatic imine (C=N–C) groups is 1. The van der Waals surface area contributed by atoms with Gasteiger partial charge < -0.3 is 9.15 Å². The third-order valence-electron chi connectivity index (χ3n) is 6.68. The van der Waals surface area contributed by atoms with Crippen molar-refractivity contribution in [3.05, 3.63) is 77.9 Å². The van der Waals surface area contributed by atoms with Crippen molar-refractivity contribution in [2.75, 3.05) is 6.61 Å². The summed E-state index contributed by atoms with van der Waals surface area (Å²) in [6.07, 6.45) is 15.1. The molecule has 0 saturated heterocycles. The minimum absolute atomic E-state index is 0.607. The highest BCUT2D eigenvalue weighted by atomic mass is 16.5. The van der Waals surface area contributed by atoms with Gasteiger partial charge in [0.25, 0.3) is 0 Å². The number of unbranched alkanes of at least 4 members (excludes halogenated alkanes) is 9. The molecule has 0 saturated carbocycles. The number of ether oxygens (including phenoxy) is 1. The van der Waals surface area contributed by atoms with Gasteiger partial charge in [0.2, 0.25) is 5.89 Å². The van der Waals surface area contributed by atoms with E-state index in [0.717, 1.165) is 46.7 Å². The average molecular weight is 497 g/mol. The molecule has 1 heterocycles. The molecule has 0 unspecified atom stereocenters. The zero-order valence-corrected chi connectivity index (χ0v) is 22.4. The van der Waals surface area contributed by atoms with E-state index in [-0.39, 0.29) is 0 Å². The van der Waals surface area contributed by atoms with Crippen LogP contribution < -0.4 is 4.74 Å². The van der Waals surface area contributed by atoms with Crippen LogP contribution in [0.3, 0.4) is 0 Å². The number of aryl methyl sites for hydroxylation is 1. The predicted molar refractivity (Wildman–Crippen MR) is 155 cm³/mol. The van der Waals surface area contributed by atoms with Crippen molar-refractivity contribution in [3.8, 4) is 17.2 Å². The van der Waals surface area contributed by atoms with Crippen LogP contribution in [-0.2, 0) is 0 Å². The average Bonchev–Trinajstić information content (AvgIpc) is 3.35. The minimum atomic E-state index is 0.607. The van der Waals surface area contributed by atoms with E-state index in [9.17, 15) is 0 Å². The first kappa shape index (κ1) is 26.7. The van der Waals surface area contributed by atoms with Crippen LogP contribution in [0.5, 0.6) is 5.75 Å². The van der Waals surface area contributed by atoms with E-state index in [4.69, 9.17) is 9.15 Å². The van der Waals surface area contributed by atoms with Crippen molar-refractivity contribution in [3.63, 3.8) is 0 Å². The fourth-order valence-electron chi connectivity index (χ4n) is 4.39. The normalized spacial score (nSPS) is 11.5. The number of aromatic nitrogens is 1. The Hall–Kier alpha value is -3.40. The Balaban J connectivity index is 1.22. The van der Waals surface area contributed by atoms with E-state index in [2.05, 4.69) is 48.1 Å². The summed E-state index contributed by atoms with van der Waals surface area (Å²) in [6, 6.07) is 22.2. The monoisotopic (exact) mass is 496 g/mol. The zero-order chi connectivity index (χ0) is 25.7. The molecule has 4 rings (SSSR count). The Morgan fingerprint density at radius 1 is 0.784 bits per heavy atom. The smallest absolute Gasteiger partial charge is 0.227 e.